The minimum atomic E-state index is -0.965. The Balaban J connectivity index is 3.32. The lowest BCUT2D eigenvalue weighted by atomic mass is 10.0. The molecular formula is C20H39NO4. The van der Waals surface area contributed by atoms with Gasteiger partial charge in [0.2, 0.25) is 5.91 Å². The third kappa shape index (κ3) is 17.5. The largest absolute Gasteiger partial charge is 0.481 e. The highest BCUT2D eigenvalue weighted by Crippen LogP contribution is 2.13. The Morgan fingerprint density at radius 1 is 0.800 bits per heavy atom. The Morgan fingerprint density at radius 3 is 1.76 bits per heavy atom. The van der Waals surface area contributed by atoms with Gasteiger partial charge in [-0.05, 0) is 12.8 Å². The molecule has 0 radical (unpaired) electrons. The number of carboxylic acid groups (broad SMARTS) is 1. The summed E-state index contributed by atoms with van der Waals surface area (Å²) in [5.74, 6) is -1.25. The summed E-state index contributed by atoms with van der Waals surface area (Å²) >= 11 is 0. The Morgan fingerprint density at radius 2 is 1.28 bits per heavy atom. The van der Waals surface area contributed by atoms with Crippen LogP contribution >= 0.6 is 0 Å². The number of nitrogens with one attached hydrogen (secondary N) is 1. The van der Waals surface area contributed by atoms with Crippen LogP contribution in [0.4, 0.5) is 0 Å². The molecule has 0 saturated carbocycles. The molecule has 0 aromatic heterocycles. The smallest absolute Gasteiger partial charge is 0.303 e. The van der Waals surface area contributed by atoms with Crippen molar-refractivity contribution in [2.45, 2.75) is 109 Å². The Kier molecular flexibility index (Phi) is 16.9. The zero-order valence-electron chi connectivity index (χ0n) is 16.1. The summed E-state index contributed by atoms with van der Waals surface area (Å²) in [5, 5.41) is 20.8. The molecule has 0 heterocycles. The van der Waals surface area contributed by atoms with Crippen molar-refractivity contribution in [3.63, 3.8) is 0 Å². The van der Waals surface area contributed by atoms with E-state index in [1.807, 2.05) is 0 Å². The number of hydrogen-bond donors (Lipinski definition) is 3. The number of unbranched alkanes of at least 4 members (excludes halogenated alkanes) is 11. The number of rotatable bonds is 18. The van der Waals surface area contributed by atoms with E-state index in [-0.39, 0.29) is 12.3 Å². The van der Waals surface area contributed by atoms with Crippen LogP contribution in [-0.4, -0.2) is 34.7 Å². The fourth-order valence-electron chi connectivity index (χ4n) is 2.88. The van der Waals surface area contributed by atoms with Crippen LogP contribution in [0.15, 0.2) is 0 Å². The third-order valence-corrected chi connectivity index (χ3v) is 4.50. The summed E-state index contributed by atoms with van der Waals surface area (Å²) in [7, 11) is 0. The monoisotopic (exact) mass is 357 g/mol. The van der Waals surface area contributed by atoms with E-state index in [9.17, 15) is 14.7 Å². The Bertz CT molecular complexity index is 334. The summed E-state index contributed by atoms with van der Waals surface area (Å²) in [6, 6.07) is 0. The van der Waals surface area contributed by atoms with Crippen molar-refractivity contribution in [1.82, 2.24) is 5.32 Å². The number of aliphatic hydroxyl groups is 1. The minimum Gasteiger partial charge on any atom is -0.481 e. The van der Waals surface area contributed by atoms with E-state index >= 15 is 0 Å². The number of carbonyl (C=O) groups excluding carboxylic acids is 1. The molecule has 0 fully saturated rings. The molecule has 0 aliphatic carbocycles. The van der Waals surface area contributed by atoms with Crippen molar-refractivity contribution in [3.05, 3.63) is 0 Å². The second-order valence-corrected chi connectivity index (χ2v) is 6.98. The number of hydrogen-bond acceptors (Lipinski definition) is 3. The van der Waals surface area contributed by atoms with Gasteiger partial charge in [0, 0.05) is 13.0 Å². The van der Waals surface area contributed by atoms with Crippen LogP contribution in [0, 0.1) is 0 Å². The fourth-order valence-corrected chi connectivity index (χ4v) is 2.88. The average Bonchev–Trinajstić information content (AvgIpc) is 2.59. The van der Waals surface area contributed by atoms with E-state index < -0.39 is 12.1 Å². The zero-order chi connectivity index (χ0) is 18.8. The summed E-state index contributed by atoms with van der Waals surface area (Å²) in [6.45, 7) is 2.55. The van der Waals surface area contributed by atoms with Crippen molar-refractivity contribution in [2.75, 3.05) is 6.54 Å². The molecule has 148 valence electrons. The molecule has 0 aromatic rings. The highest BCUT2D eigenvalue weighted by atomic mass is 16.4. The maximum Gasteiger partial charge on any atom is 0.303 e. The van der Waals surface area contributed by atoms with Crippen molar-refractivity contribution in [1.29, 1.82) is 0 Å². The maximum absolute atomic E-state index is 11.6. The van der Waals surface area contributed by atoms with Gasteiger partial charge in [-0.2, -0.15) is 0 Å². The van der Waals surface area contributed by atoms with Crippen molar-refractivity contribution in [3.8, 4) is 0 Å². The van der Waals surface area contributed by atoms with Crippen LogP contribution < -0.4 is 5.32 Å². The van der Waals surface area contributed by atoms with Crippen LogP contribution in [0.2, 0.25) is 0 Å². The Labute approximate surface area is 153 Å². The number of carboxylic acids is 1. The first-order valence-corrected chi connectivity index (χ1v) is 10.3. The van der Waals surface area contributed by atoms with Crippen molar-refractivity contribution in [2.24, 2.45) is 0 Å². The van der Waals surface area contributed by atoms with E-state index in [2.05, 4.69) is 12.2 Å². The molecule has 0 saturated heterocycles. The van der Waals surface area contributed by atoms with Gasteiger partial charge >= 0.3 is 5.97 Å². The van der Waals surface area contributed by atoms with E-state index in [1.54, 1.807) is 0 Å². The predicted molar refractivity (Wildman–Crippen MR) is 102 cm³/mol. The molecule has 0 rings (SSSR count). The van der Waals surface area contributed by atoms with Crippen LogP contribution in [0.1, 0.15) is 103 Å². The second kappa shape index (κ2) is 17.7. The molecule has 1 unspecified atom stereocenters. The lowest BCUT2D eigenvalue weighted by Gasteiger charge is -2.11. The molecule has 1 atom stereocenters. The molecule has 0 aromatic carbocycles. The highest BCUT2D eigenvalue weighted by Gasteiger charge is 2.13. The van der Waals surface area contributed by atoms with E-state index in [0.29, 0.717) is 19.4 Å². The van der Waals surface area contributed by atoms with Crippen LogP contribution in [0.5, 0.6) is 0 Å². The first-order valence-electron chi connectivity index (χ1n) is 10.3. The SMILES string of the molecule is CCCCCCCCCCCCCCC(O)C(=O)NCCCC(=O)O. The van der Waals surface area contributed by atoms with Crippen molar-refractivity contribution >= 4 is 11.9 Å². The number of aliphatic hydroxyl groups excluding tert-OH is 1. The third-order valence-electron chi connectivity index (χ3n) is 4.50. The summed E-state index contributed by atoms with van der Waals surface area (Å²) < 4.78 is 0. The average molecular weight is 358 g/mol. The standard InChI is InChI=1S/C20H39NO4/c1-2-3-4-5-6-7-8-9-10-11-12-13-15-18(22)20(25)21-17-14-16-19(23)24/h18,22H,2-17H2,1H3,(H,21,25)(H,23,24). The molecule has 1 amide bonds. The molecule has 0 aliphatic heterocycles. The van der Waals surface area contributed by atoms with Crippen LogP contribution in [-0.2, 0) is 9.59 Å². The van der Waals surface area contributed by atoms with Crippen LogP contribution in [0.3, 0.4) is 0 Å². The summed E-state index contributed by atoms with van der Waals surface area (Å²) in [5.41, 5.74) is 0. The lowest BCUT2D eigenvalue weighted by molar-refractivity contribution is -0.137. The molecule has 25 heavy (non-hydrogen) atoms. The van der Waals surface area contributed by atoms with Gasteiger partial charge < -0.3 is 15.5 Å². The quantitative estimate of drug-likeness (QED) is 0.317. The summed E-state index contributed by atoms with van der Waals surface area (Å²) in [4.78, 5) is 22.0. The van der Waals surface area contributed by atoms with E-state index in [1.165, 1.54) is 64.2 Å². The topological polar surface area (TPSA) is 86.6 Å². The molecule has 3 N–H and O–H groups in total. The van der Waals surface area contributed by atoms with E-state index in [0.717, 1.165) is 12.8 Å². The van der Waals surface area contributed by atoms with Crippen LogP contribution in [0.25, 0.3) is 0 Å². The van der Waals surface area contributed by atoms with Gasteiger partial charge in [0.05, 0.1) is 0 Å². The molecular weight excluding hydrogens is 318 g/mol. The first-order chi connectivity index (χ1) is 12.1. The van der Waals surface area contributed by atoms with Gasteiger partial charge in [-0.15, -0.1) is 0 Å². The predicted octanol–water partition coefficient (Wildman–Crippen LogP) is 4.42. The lowest BCUT2D eigenvalue weighted by Crippen LogP contribution is -2.35. The normalized spacial score (nSPS) is 12.1. The van der Waals surface area contributed by atoms with Gasteiger partial charge in [-0.3, -0.25) is 9.59 Å². The van der Waals surface area contributed by atoms with E-state index in [4.69, 9.17) is 5.11 Å². The van der Waals surface area contributed by atoms with Gasteiger partial charge in [0.25, 0.3) is 0 Å². The van der Waals surface area contributed by atoms with Crippen molar-refractivity contribution < 1.29 is 19.8 Å². The molecule has 0 aliphatic rings. The van der Waals surface area contributed by atoms with Gasteiger partial charge in [0.1, 0.15) is 6.10 Å². The fraction of sp³-hybridized carbons (Fsp3) is 0.900. The summed E-state index contributed by atoms with van der Waals surface area (Å²) in [6.07, 6.45) is 15.1. The molecule has 0 bridgehead atoms. The molecule has 0 spiro atoms. The highest BCUT2D eigenvalue weighted by molar-refractivity contribution is 5.80. The Hall–Kier alpha value is -1.10. The van der Waals surface area contributed by atoms with Gasteiger partial charge in [-0.1, -0.05) is 84.0 Å². The number of amides is 1. The second-order valence-electron chi connectivity index (χ2n) is 6.98. The zero-order valence-corrected chi connectivity index (χ0v) is 16.1. The number of carbonyl (C=O) groups is 2. The van der Waals surface area contributed by atoms with Gasteiger partial charge in [0.15, 0.2) is 0 Å². The minimum absolute atomic E-state index is 0.0368. The molecule has 5 heteroatoms. The molecule has 5 nitrogen and oxygen atoms in total. The van der Waals surface area contributed by atoms with Gasteiger partial charge in [-0.25, -0.2) is 0 Å². The maximum atomic E-state index is 11.6. The number of aliphatic carboxylic acids is 1. The first kappa shape index (κ1) is 23.9.